The van der Waals surface area contributed by atoms with Crippen LogP contribution in [-0.2, 0) is 20.9 Å². The molecule has 7 heteroatoms. The first kappa shape index (κ1) is 29.8. The number of anilines is 1. The van der Waals surface area contributed by atoms with E-state index in [1.807, 2.05) is 61.6 Å². The number of benzene rings is 4. The van der Waals surface area contributed by atoms with Crippen LogP contribution in [0.5, 0.6) is 0 Å². The molecule has 3 amide bonds. The molecule has 1 saturated heterocycles. The molecular formula is C36H40N4O3. The van der Waals surface area contributed by atoms with Gasteiger partial charge in [-0.15, -0.1) is 0 Å². The Labute approximate surface area is 254 Å². The minimum Gasteiger partial charge on any atom is -0.373 e. The first-order valence-corrected chi connectivity index (χ1v) is 14.9. The molecule has 6 rings (SSSR count). The zero-order valence-electron chi connectivity index (χ0n) is 25.2. The van der Waals surface area contributed by atoms with E-state index >= 15 is 0 Å². The van der Waals surface area contributed by atoms with Gasteiger partial charge in [-0.25, -0.2) is 0 Å². The molecule has 0 aliphatic carbocycles. The molecule has 0 spiro atoms. The quantitative estimate of drug-likeness (QED) is 0.345. The Hall–Kier alpha value is -4.65. The van der Waals surface area contributed by atoms with Crippen molar-refractivity contribution in [3.05, 3.63) is 114 Å². The van der Waals surface area contributed by atoms with Crippen LogP contribution in [0.25, 0.3) is 10.8 Å². The standard InChI is InChI=1S/C25H30N4O3.C11H10/c1-27-17-20(19-11-6-7-12-21(19)27)25(32)29-14-8-13-22(29)24(31)26-15-23(30)28(2)16-18-9-4-3-5-10-18;1-9-6-7-10-4-2-3-5-11(10)8-9/h3-7,9-12,20,22H,8,13-17H2,1-2H3,(H,26,31);2-8H,1H3. The molecule has 2 atom stereocenters. The van der Waals surface area contributed by atoms with Gasteiger partial charge < -0.3 is 20.0 Å². The summed E-state index contributed by atoms with van der Waals surface area (Å²) < 4.78 is 0. The molecule has 0 aromatic heterocycles. The Balaban J connectivity index is 0.000000279. The van der Waals surface area contributed by atoms with Crippen LogP contribution in [-0.4, -0.2) is 67.3 Å². The lowest BCUT2D eigenvalue weighted by molar-refractivity contribution is -0.140. The second-order valence-corrected chi connectivity index (χ2v) is 11.5. The molecule has 0 bridgehead atoms. The number of fused-ring (bicyclic) bond motifs is 2. The predicted octanol–water partition coefficient (Wildman–Crippen LogP) is 5.13. The summed E-state index contributed by atoms with van der Waals surface area (Å²) in [5.74, 6) is -0.684. The molecule has 222 valence electrons. The van der Waals surface area contributed by atoms with Crippen molar-refractivity contribution in [3.8, 4) is 0 Å². The van der Waals surface area contributed by atoms with Crippen LogP contribution in [0, 0.1) is 6.92 Å². The molecule has 4 aromatic carbocycles. The average Bonchev–Trinajstić information content (AvgIpc) is 3.65. The van der Waals surface area contributed by atoms with E-state index in [1.54, 1.807) is 16.8 Å². The van der Waals surface area contributed by atoms with Gasteiger partial charge in [0.25, 0.3) is 0 Å². The fourth-order valence-electron chi connectivity index (χ4n) is 5.98. The van der Waals surface area contributed by atoms with Crippen LogP contribution in [0.4, 0.5) is 5.69 Å². The predicted molar refractivity (Wildman–Crippen MR) is 172 cm³/mol. The Morgan fingerprint density at radius 3 is 2.37 bits per heavy atom. The van der Waals surface area contributed by atoms with Crippen molar-refractivity contribution in [1.82, 2.24) is 15.1 Å². The van der Waals surface area contributed by atoms with Gasteiger partial charge >= 0.3 is 0 Å². The van der Waals surface area contributed by atoms with Gasteiger partial charge in [-0.1, -0.05) is 96.6 Å². The van der Waals surface area contributed by atoms with Crippen molar-refractivity contribution in [2.45, 2.75) is 38.3 Å². The average molecular weight is 577 g/mol. The van der Waals surface area contributed by atoms with Crippen LogP contribution in [0.3, 0.4) is 0 Å². The maximum atomic E-state index is 13.4. The molecule has 0 radical (unpaired) electrons. The van der Waals surface area contributed by atoms with E-state index < -0.39 is 6.04 Å². The third-order valence-corrected chi connectivity index (χ3v) is 8.32. The van der Waals surface area contributed by atoms with Gasteiger partial charge in [0.1, 0.15) is 6.04 Å². The van der Waals surface area contributed by atoms with Gasteiger partial charge in [0, 0.05) is 39.4 Å². The van der Waals surface area contributed by atoms with Crippen LogP contribution in [0.1, 0.15) is 35.4 Å². The fraction of sp³-hybridized carbons (Fsp3) is 0.306. The number of hydrogen-bond acceptors (Lipinski definition) is 4. The van der Waals surface area contributed by atoms with Crippen LogP contribution in [0.2, 0.25) is 0 Å². The van der Waals surface area contributed by atoms with Crippen molar-refractivity contribution >= 4 is 34.2 Å². The van der Waals surface area contributed by atoms with E-state index in [0.29, 0.717) is 26.1 Å². The van der Waals surface area contributed by atoms with E-state index in [9.17, 15) is 14.4 Å². The molecule has 0 saturated carbocycles. The molecule has 43 heavy (non-hydrogen) atoms. The number of nitrogens with one attached hydrogen (secondary N) is 1. The highest BCUT2D eigenvalue weighted by molar-refractivity contribution is 5.94. The van der Waals surface area contributed by atoms with Gasteiger partial charge in [0.2, 0.25) is 17.7 Å². The largest absolute Gasteiger partial charge is 0.373 e. The summed E-state index contributed by atoms with van der Waals surface area (Å²) in [5.41, 5.74) is 4.44. The SMILES string of the molecule is CN(Cc1ccccc1)C(=O)CNC(=O)C1CCCN1C(=O)C1CN(C)c2ccccc21.Cc1ccc2ccccc2c1. The number of carbonyl (C=O) groups excluding carboxylic acids is 3. The van der Waals surface area contributed by atoms with E-state index in [1.165, 1.54) is 16.3 Å². The normalized spacial score (nSPS) is 17.2. The van der Waals surface area contributed by atoms with Crippen LogP contribution in [0.15, 0.2) is 97.1 Å². The number of rotatable bonds is 6. The molecule has 2 aliphatic heterocycles. The summed E-state index contributed by atoms with van der Waals surface area (Å²) >= 11 is 0. The summed E-state index contributed by atoms with van der Waals surface area (Å²) in [5, 5.41) is 5.40. The highest BCUT2D eigenvalue weighted by Gasteiger charge is 2.40. The number of hydrogen-bond donors (Lipinski definition) is 1. The first-order chi connectivity index (χ1) is 20.8. The molecule has 4 aromatic rings. The fourth-order valence-corrected chi connectivity index (χ4v) is 5.98. The van der Waals surface area contributed by atoms with Crippen molar-refractivity contribution in [3.63, 3.8) is 0 Å². The van der Waals surface area contributed by atoms with Gasteiger partial charge in [-0.05, 0) is 47.7 Å². The number of likely N-dealkylation sites (N-methyl/N-ethyl adjacent to an activating group) is 2. The summed E-state index contributed by atoms with van der Waals surface area (Å²) in [4.78, 5) is 44.1. The van der Waals surface area contributed by atoms with Crippen LogP contribution >= 0.6 is 0 Å². The highest BCUT2D eigenvalue weighted by Crippen LogP contribution is 2.37. The minimum absolute atomic E-state index is 0.00743. The Kier molecular flexibility index (Phi) is 9.40. The van der Waals surface area contributed by atoms with E-state index in [-0.39, 0.29) is 30.2 Å². The maximum absolute atomic E-state index is 13.4. The number of para-hydroxylation sites is 1. The van der Waals surface area contributed by atoms with Crippen molar-refractivity contribution in [2.24, 2.45) is 0 Å². The molecule has 1 N–H and O–H groups in total. The first-order valence-electron chi connectivity index (χ1n) is 14.9. The Morgan fingerprint density at radius 1 is 0.884 bits per heavy atom. The van der Waals surface area contributed by atoms with Gasteiger partial charge in [0.15, 0.2) is 0 Å². The second kappa shape index (κ2) is 13.6. The number of aryl methyl sites for hydroxylation is 1. The minimum atomic E-state index is -0.521. The lowest BCUT2D eigenvalue weighted by atomic mass is 9.99. The van der Waals surface area contributed by atoms with Crippen molar-refractivity contribution in [2.75, 3.05) is 38.6 Å². The second-order valence-electron chi connectivity index (χ2n) is 11.5. The zero-order chi connectivity index (χ0) is 30.3. The number of nitrogens with zero attached hydrogens (tertiary/aromatic N) is 3. The monoisotopic (exact) mass is 576 g/mol. The summed E-state index contributed by atoms with van der Waals surface area (Å²) in [7, 11) is 3.71. The molecule has 2 heterocycles. The molecule has 1 fully saturated rings. The van der Waals surface area contributed by atoms with E-state index in [0.717, 1.165) is 23.2 Å². The van der Waals surface area contributed by atoms with Gasteiger partial charge in [0.05, 0.1) is 12.5 Å². The Bertz CT molecular complexity index is 1590. The van der Waals surface area contributed by atoms with Gasteiger partial charge in [-0.2, -0.15) is 0 Å². The maximum Gasteiger partial charge on any atom is 0.243 e. The topological polar surface area (TPSA) is 73.0 Å². The van der Waals surface area contributed by atoms with Crippen LogP contribution < -0.4 is 10.2 Å². The number of amides is 3. The summed E-state index contributed by atoms with van der Waals surface area (Å²) in [6, 6.07) is 32.1. The van der Waals surface area contributed by atoms with Gasteiger partial charge in [-0.3, -0.25) is 14.4 Å². The molecule has 2 unspecified atom stereocenters. The Morgan fingerprint density at radius 2 is 1.58 bits per heavy atom. The van der Waals surface area contributed by atoms with E-state index in [4.69, 9.17) is 0 Å². The summed E-state index contributed by atoms with van der Waals surface area (Å²) in [6.07, 6.45) is 1.41. The summed E-state index contributed by atoms with van der Waals surface area (Å²) in [6.45, 7) is 3.72. The lowest BCUT2D eigenvalue weighted by Gasteiger charge is -2.27. The molecule has 7 nitrogen and oxygen atoms in total. The third kappa shape index (κ3) is 7.05. The smallest absolute Gasteiger partial charge is 0.243 e. The van der Waals surface area contributed by atoms with Crippen molar-refractivity contribution < 1.29 is 14.4 Å². The number of likely N-dealkylation sites (tertiary alicyclic amines) is 1. The lowest BCUT2D eigenvalue weighted by Crippen LogP contribution is -2.49. The number of carbonyl (C=O) groups is 3. The molecule has 2 aliphatic rings. The highest BCUT2D eigenvalue weighted by atomic mass is 16.2. The van der Waals surface area contributed by atoms with Crippen molar-refractivity contribution in [1.29, 1.82) is 0 Å². The molecular weight excluding hydrogens is 536 g/mol. The van der Waals surface area contributed by atoms with E-state index in [2.05, 4.69) is 59.6 Å². The zero-order valence-corrected chi connectivity index (χ0v) is 25.2. The third-order valence-electron chi connectivity index (χ3n) is 8.32.